The topological polar surface area (TPSA) is 49.8 Å². The van der Waals surface area contributed by atoms with Gasteiger partial charge in [0, 0.05) is 28.1 Å². The van der Waals surface area contributed by atoms with E-state index in [1.807, 2.05) is 60.8 Å². The number of hydrogen-bond acceptors (Lipinski definition) is 3. The number of aromatic nitrogens is 1. The molecule has 3 aromatic carbocycles. The van der Waals surface area contributed by atoms with E-state index in [9.17, 15) is 5.26 Å². The molecule has 3 nitrogen and oxygen atoms in total. The Hall–Kier alpha value is -3.90. The van der Waals surface area contributed by atoms with E-state index in [2.05, 4.69) is 37.9 Å². The first-order chi connectivity index (χ1) is 15.4. The van der Waals surface area contributed by atoms with Crippen LogP contribution < -0.4 is 0 Å². The molecule has 0 aliphatic rings. The lowest BCUT2D eigenvalue weighted by Gasteiger charge is -2.19. The molecule has 0 aliphatic carbocycles. The van der Waals surface area contributed by atoms with Crippen molar-refractivity contribution in [2.45, 2.75) is 26.2 Å². The highest BCUT2D eigenvalue weighted by molar-refractivity contribution is 6.13. The second kappa shape index (κ2) is 7.11. The second-order valence-electron chi connectivity index (χ2n) is 8.72. The highest BCUT2D eigenvalue weighted by atomic mass is 16.3. The quantitative estimate of drug-likeness (QED) is 0.307. The van der Waals surface area contributed by atoms with Gasteiger partial charge in [0.05, 0.1) is 18.7 Å². The number of rotatable bonds is 2. The van der Waals surface area contributed by atoms with Crippen molar-refractivity contribution in [1.29, 1.82) is 5.26 Å². The molecular formula is C28H22N2O. The minimum atomic E-state index is -0.0117. The van der Waals surface area contributed by atoms with Gasteiger partial charge in [-0.3, -0.25) is 4.98 Å². The third-order valence-corrected chi connectivity index (χ3v) is 5.67. The summed E-state index contributed by atoms with van der Waals surface area (Å²) in [5, 5.41) is 11.3. The zero-order valence-corrected chi connectivity index (χ0v) is 17.7. The predicted molar refractivity (Wildman–Crippen MR) is 126 cm³/mol. The molecule has 0 fully saturated rings. The maximum Gasteiger partial charge on any atom is 0.144 e. The summed E-state index contributed by atoms with van der Waals surface area (Å²) in [7, 11) is 0. The largest absolute Gasteiger partial charge is 0.455 e. The summed E-state index contributed by atoms with van der Waals surface area (Å²) >= 11 is 0. The average Bonchev–Trinajstić information content (AvgIpc) is 3.19. The molecule has 0 amide bonds. The molecule has 0 spiro atoms. The van der Waals surface area contributed by atoms with Gasteiger partial charge in [0.1, 0.15) is 11.2 Å². The highest BCUT2D eigenvalue weighted by Gasteiger charge is 2.20. The fraction of sp³-hybridized carbons (Fsp3) is 0.143. The summed E-state index contributed by atoms with van der Waals surface area (Å²) in [5.41, 5.74) is 6.28. The molecule has 0 unspecified atom stereocenters. The van der Waals surface area contributed by atoms with Crippen molar-refractivity contribution in [2.75, 3.05) is 0 Å². The standard InChI is InChI=1S/C28H22N2O/c1-28(2,3)20-14-15-30-24(16-20)23-11-7-10-21-22-13-12-19(17-29)25(27(22)31-26(21)23)18-8-5-4-6-9-18/h4-16H,1-3H3/i10D. The SMILES string of the molecule is [2H]c1ccc(-c2cc(C(C)(C)C)ccn2)c2oc3c(-c4ccccc4)c(C#N)ccc3c12. The first-order valence-electron chi connectivity index (χ1n) is 10.8. The van der Waals surface area contributed by atoms with Gasteiger partial charge in [-0.05, 0) is 46.9 Å². The normalized spacial score (nSPS) is 12.1. The van der Waals surface area contributed by atoms with Crippen LogP contribution in [-0.2, 0) is 5.41 Å². The maximum atomic E-state index is 9.77. The van der Waals surface area contributed by atoms with E-state index in [1.54, 1.807) is 6.07 Å². The molecular weight excluding hydrogens is 380 g/mol. The zero-order valence-electron chi connectivity index (χ0n) is 18.7. The molecule has 2 aromatic heterocycles. The van der Waals surface area contributed by atoms with E-state index in [1.165, 1.54) is 5.56 Å². The van der Waals surface area contributed by atoms with Crippen molar-refractivity contribution < 1.29 is 5.79 Å². The number of hydrogen-bond donors (Lipinski definition) is 0. The summed E-state index contributed by atoms with van der Waals surface area (Å²) in [5.74, 6) is 0. The van der Waals surface area contributed by atoms with Crippen LogP contribution >= 0.6 is 0 Å². The number of para-hydroxylation sites is 1. The van der Waals surface area contributed by atoms with E-state index in [0.717, 1.165) is 33.2 Å². The third kappa shape index (κ3) is 3.17. The Morgan fingerprint density at radius 3 is 2.48 bits per heavy atom. The predicted octanol–water partition coefficient (Wildman–Crippen LogP) is 7.48. The van der Waals surface area contributed by atoms with E-state index in [-0.39, 0.29) is 5.41 Å². The number of nitriles is 1. The van der Waals surface area contributed by atoms with Crippen LogP contribution in [0, 0.1) is 11.3 Å². The van der Waals surface area contributed by atoms with Crippen molar-refractivity contribution in [2.24, 2.45) is 0 Å². The molecule has 0 N–H and O–H groups in total. The van der Waals surface area contributed by atoms with Crippen LogP contribution in [0.2, 0.25) is 0 Å². The molecule has 0 radical (unpaired) electrons. The Morgan fingerprint density at radius 2 is 1.74 bits per heavy atom. The lowest BCUT2D eigenvalue weighted by molar-refractivity contribution is 0.589. The molecule has 0 saturated heterocycles. The maximum absolute atomic E-state index is 9.77. The number of pyridine rings is 1. The van der Waals surface area contributed by atoms with Crippen molar-refractivity contribution in [3.05, 3.63) is 90.1 Å². The molecule has 150 valence electrons. The van der Waals surface area contributed by atoms with Crippen LogP contribution in [0.1, 0.15) is 33.3 Å². The van der Waals surface area contributed by atoms with Gasteiger partial charge in [0.15, 0.2) is 0 Å². The Labute approximate surface area is 183 Å². The lowest BCUT2D eigenvalue weighted by Crippen LogP contribution is -2.11. The van der Waals surface area contributed by atoms with E-state index >= 15 is 0 Å². The lowest BCUT2D eigenvalue weighted by atomic mass is 9.87. The van der Waals surface area contributed by atoms with Gasteiger partial charge >= 0.3 is 0 Å². The van der Waals surface area contributed by atoms with Crippen molar-refractivity contribution in [1.82, 2.24) is 4.98 Å². The average molecular weight is 404 g/mol. The monoisotopic (exact) mass is 403 g/mol. The van der Waals surface area contributed by atoms with Crippen molar-refractivity contribution >= 4 is 21.9 Å². The van der Waals surface area contributed by atoms with Crippen molar-refractivity contribution in [3.63, 3.8) is 0 Å². The van der Waals surface area contributed by atoms with Gasteiger partial charge < -0.3 is 4.42 Å². The van der Waals surface area contributed by atoms with Crippen LogP contribution in [0.15, 0.2) is 83.4 Å². The Bertz CT molecular complexity index is 1520. The van der Waals surface area contributed by atoms with Gasteiger partial charge in [-0.15, -0.1) is 0 Å². The van der Waals surface area contributed by atoms with E-state index in [4.69, 9.17) is 5.79 Å². The van der Waals surface area contributed by atoms with Gasteiger partial charge in [0.2, 0.25) is 0 Å². The Kier molecular flexibility index (Phi) is 4.11. The number of benzene rings is 3. The zero-order chi connectivity index (χ0) is 22.5. The van der Waals surface area contributed by atoms with Crippen LogP contribution in [0.5, 0.6) is 0 Å². The first kappa shape index (κ1) is 17.9. The molecule has 0 saturated carbocycles. The summed E-state index contributed by atoms with van der Waals surface area (Å²) in [6.45, 7) is 6.52. The number of fused-ring (bicyclic) bond motifs is 3. The second-order valence-corrected chi connectivity index (χ2v) is 8.72. The van der Waals surface area contributed by atoms with Gasteiger partial charge in [-0.25, -0.2) is 0 Å². The van der Waals surface area contributed by atoms with E-state index < -0.39 is 0 Å². The van der Waals surface area contributed by atoms with Crippen molar-refractivity contribution in [3.8, 4) is 28.5 Å². The smallest absolute Gasteiger partial charge is 0.144 e. The highest BCUT2D eigenvalue weighted by Crippen LogP contribution is 2.41. The summed E-state index contributed by atoms with van der Waals surface area (Å²) in [6.07, 6.45) is 1.82. The fourth-order valence-corrected chi connectivity index (χ4v) is 4.01. The summed E-state index contributed by atoms with van der Waals surface area (Å²) < 4.78 is 15.1. The minimum absolute atomic E-state index is 0.0117. The van der Waals surface area contributed by atoms with Gasteiger partial charge in [0.25, 0.3) is 0 Å². The first-order valence-corrected chi connectivity index (χ1v) is 10.3. The third-order valence-electron chi connectivity index (χ3n) is 5.67. The molecule has 0 aliphatic heterocycles. The number of furan rings is 1. The van der Waals surface area contributed by atoms with E-state index in [0.29, 0.717) is 22.8 Å². The van der Waals surface area contributed by atoms with Crippen LogP contribution in [0.4, 0.5) is 0 Å². The molecule has 31 heavy (non-hydrogen) atoms. The molecule has 3 heteroatoms. The Balaban J connectivity index is 1.86. The van der Waals surface area contributed by atoms with Crippen LogP contribution in [-0.4, -0.2) is 4.98 Å². The summed E-state index contributed by atoms with van der Waals surface area (Å²) in [4.78, 5) is 4.61. The van der Waals surface area contributed by atoms with Gasteiger partial charge in [-0.1, -0.05) is 63.2 Å². The van der Waals surface area contributed by atoms with Crippen LogP contribution in [0.3, 0.4) is 0 Å². The molecule has 0 bridgehead atoms. The van der Waals surface area contributed by atoms with Crippen LogP contribution in [0.25, 0.3) is 44.3 Å². The van der Waals surface area contributed by atoms with Gasteiger partial charge in [-0.2, -0.15) is 5.26 Å². The molecule has 0 atom stereocenters. The fourth-order valence-electron chi connectivity index (χ4n) is 4.01. The Morgan fingerprint density at radius 1 is 0.935 bits per heavy atom. The molecule has 2 heterocycles. The minimum Gasteiger partial charge on any atom is -0.455 e. The number of nitrogens with zero attached hydrogens (tertiary/aromatic N) is 2. The molecule has 5 aromatic rings. The molecule has 5 rings (SSSR count). The summed E-state index contributed by atoms with van der Waals surface area (Å²) in [6, 6.07) is 24.0.